The predicted octanol–water partition coefficient (Wildman–Crippen LogP) is 1.79. The molecule has 1 aliphatic heterocycles. The lowest BCUT2D eigenvalue weighted by Gasteiger charge is -2.10. The number of alkyl halides is 1. The number of rotatable bonds is 1. The van der Waals surface area contributed by atoms with Crippen LogP contribution < -0.4 is 5.32 Å². The Morgan fingerprint density at radius 3 is 2.53 bits per heavy atom. The molecule has 1 fully saturated rings. The SMILES string of the molecule is O=C1NC(=O)C(c2cccc(I)c2)C1Br. The van der Waals surface area contributed by atoms with Gasteiger partial charge in [-0.2, -0.15) is 0 Å². The first-order valence-corrected chi connectivity index (χ1v) is 6.33. The topological polar surface area (TPSA) is 46.2 Å². The number of nitrogens with one attached hydrogen (secondary N) is 1. The molecule has 0 radical (unpaired) electrons. The van der Waals surface area contributed by atoms with Crippen LogP contribution in [-0.4, -0.2) is 16.6 Å². The van der Waals surface area contributed by atoms with Crippen LogP contribution >= 0.6 is 38.5 Å². The maximum absolute atomic E-state index is 11.5. The van der Waals surface area contributed by atoms with Crippen molar-refractivity contribution in [2.24, 2.45) is 0 Å². The second kappa shape index (κ2) is 4.21. The molecule has 15 heavy (non-hydrogen) atoms. The first-order valence-electron chi connectivity index (χ1n) is 4.34. The molecule has 0 aromatic heterocycles. The molecule has 1 aromatic rings. The van der Waals surface area contributed by atoms with E-state index in [4.69, 9.17) is 0 Å². The van der Waals surface area contributed by atoms with E-state index in [-0.39, 0.29) is 11.8 Å². The second-order valence-electron chi connectivity index (χ2n) is 3.29. The number of hydrogen-bond acceptors (Lipinski definition) is 2. The van der Waals surface area contributed by atoms with E-state index in [2.05, 4.69) is 43.8 Å². The average Bonchev–Trinajstić information content (AvgIpc) is 2.41. The maximum Gasteiger partial charge on any atom is 0.241 e. The summed E-state index contributed by atoms with van der Waals surface area (Å²) in [5, 5.41) is 2.31. The standard InChI is InChI=1S/C10H7BrINO2/c11-8-7(9(14)13-10(8)15)5-2-1-3-6(12)4-5/h1-4,7-8H,(H,13,14,15). The lowest BCUT2D eigenvalue weighted by Crippen LogP contribution is -2.22. The third kappa shape index (κ3) is 2.08. The molecule has 1 heterocycles. The minimum absolute atomic E-state index is 0.233. The van der Waals surface area contributed by atoms with Crippen molar-refractivity contribution in [3.63, 3.8) is 0 Å². The highest BCUT2D eigenvalue weighted by Crippen LogP contribution is 2.30. The Morgan fingerprint density at radius 2 is 2.00 bits per heavy atom. The van der Waals surface area contributed by atoms with Gasteiger partial charge in [0.2, 0.25) is 11.8 Å². The summed E-state index contributed by atoms with van der Waals surface area (Å²) in [5.41, 5.74) is 0.868. The summed E-state index contributed by atoms with van der Waals surface area (Å²) < 4.78 is 1.05. The van der Waals surface area contributed by atoms with Crippen LogP contribution in [0.25, 0.3) is 0 Å². The minimum Gasteiger partial charge on any atom is -0.295 e. The molecule has 1 N–H and O–H groups in total. The van der Waals surface area contributed by atoms with Crippen molar-refractivity contribution in [3.8, 4) is 0 Å². The van der Waals surface area contributed by atoms with Gasteiger partial charge in [-0.25, -0.2) is 0 Å². The molecule has 1 saturated heterocycles. The molecule has 1 aliphatic rings. The van der Waals surface area contributed by atoms with E-state index in [1.807, 2.05) is 24.3 Å². The maximum atomic E-state index is 11.5. The molecule has 78 valence electrons. The van der Waals surface area contributed by atoms with Crippen LogP contribution in [0.3, 0.4) is 0 Å². The van der Waals surface area contributed by atoms with Crippen molar-refractivity contribution in [2.75, 3.05) is 0 Å². The van der Waals surface area contributed by atoms with Crippen molar-refractivity contribution in [1.82, 2.24) is 5.32 Å². The van der Waals surface area contributed by atoms with E-state index in [9.17, 15) is 9.59 Å². The van der Waals surface area contributed by atoms with Gasteiger partial charge in [0.25, 0.3) is 0 Å². The van der Waals surface area contributed by atoms with Gasteiger partial charge in [-0.05, 0) is 40.3 Å². The van der Waals surface area contributed by atoms with Gasteiger partial charge in [0.15, 0.2) is 0 Å². The van der Waals surface area contributed by atoms with Crippen LogP contribution in [0.4, 0.5) is 0 Å². The summed E-state index contributed by atoms with van der Waals surface area (Å²) in [6, 6.07) is 7.60. The molecule has 5 heteroatoms. The van der Waals surface area contributed by atoms with Crippen molar-refractivity contribution >= 4 is 50.3 Å². The van der Waals surface area contributed by atoms with E-state index in [0.717, 1.165) is 9.13 Å². The number of hydrogen-bond donors (Lipinski definition) is 1. The van der Waals surface area contributed by atoms with Crippen LogP contribution in [0.1, 0.15) is 11.5 Å². The third-order valence-corrected chi connectivity index (χ3v) is 3.90. The van der Waals surface area contributed by atoms with Gasteiger partial charge in [0.05, 0.1) is 5.92 Å². The molecule has 0 spiro atoms. The van der Waals surface area contributed by atoms with Crippen LogP contribution in [0.15, 0.2) is 24.3 Å². The predicted molar refractivity (Wildman–Crippen MR) is 67.8 cm³/mol. The number of amides is 2. The first-order chi connectivity index (χ1) is 7.09. The van der Waals surface area contributed by atoms with Crippen molar-refractivity contribution in [1.29, 1.82) is 0 Å². The van der Waals surface area contributed by atoms with E-state index < -0.39 is 10.7 Å². The molecule has 1 aromatic carbocycles. The van der Waals surface area contributed by atoms with Gasteiger partial charge < -0.3 is 0 Å². The van der Waals surface area contributed by atoms with Crippen LogP contribution in [-0.2, 0) is 9.59 Å². The summed E-state index contributed by atoms with van der Waals surface area (Å²) in [7, 11) is 0. The number of halogens is 2. The average molecular weight is 380 g/mol. The van der Waals surface area contributed by atoms with E-state index in [1.54, 1.807) is 0 Å². The van der Waals surface area contributed by atoms with Crippen LogP contribution in [0, 0.1) is 3.57 Å². The fourth-order valence-corrected chi connectivity index (χ4v) is 2.80. The lowest BCUT2D eigenvalue weighted by atomic mass is 9.98. The summed E-state index contributed by atoms with van der Waals surface area (Å²) in [5.74, 6) is -0.903. The third-order valence-electron chi connectivity index (χ3n) is 2.28. The van der Waals surface area contributed by atoms with Crippen LogP contribution in [0.5, 0.6) is 0 Å². The molecule has 0 saturated carbocycles. The summed E-state index contributed by atoms with van der Waals surface area (Å²) in [4.78, 5) is 22.4. The molecular formula is C10H7BrINO2. The van der Waals surface area contributed by atoms with Gasteiger partial charge >= 0.3 is 0 Å². The molecular weight excluding hydrogens is 373 g/mol. The molecule has 3 nitrogen and oxygen atoms in total. The molecule has 2 amide bonds. The van der Waals surface area contributed by atoms with Crippen molar-refractivity contribution in [2.45, 2.75) is 10.7 Å². The highest BCUT2D eigenvalue weighted by Gasteiger charge is 2.40. The van der Waals surface area contributed by atoms with Gasteiger partial charge in [-0.1, -0.05) is 28.1 Å². The Kier molecular flexibility index (Phi) is 3.11. The molecule has 0 aliphatic carbocycles. The Balaban J connectivity index is 2.39. The molecule has 2 rings (SSSR count). The normalized spacial score (nSPS) is 25.5. The Labute approximate surface area is 109 Å². The monoisotopic (exact) mass is 379 g/mol. The Morgan fingerprint density at radius 1 is 1.27 bits per heavy atom. The zero-order valence-corrected chi connectivity index (χ0v) is 11.3. The van der Waals surface area contributed by atoms with E-state index >= 15 is 0 Å². The van der Waals surface area contributed by atoms with Crippen molar-refractivity contribution < 1.29 is 9.59 Å². The summed E-state index contributed by atoms with van der Waals surface area (Å²) in [6.45, 7) is 0. The number of carbonyl (C=O) groups is 2. The Bertz CT molecular complexity index is 435. The molecule has 2 unspecified atom stereocenters. The largest absolute Gasteiger partial charge is 0.295 e. The van der Waals surface area contributed by atoms with E-state index in [0.29, 0.717) is 0 Å². The summed E-state index contributed by atoms with van der Waals surface area (Å²) in [6.07, 6.45) is 0. The minimum atomic E-state index is -0.455. The van der Waals surface area contributed by atoms with Gasteiger partial charge in [-0.3, -0.25) is 14.9 Å². The highest BCUT2D eigenvalue weighted by atomic mass is 127. The number of benzene rings is 1. The van der Waals surface area contributed by atoms with Gasteiger partial charge in [0, 0.05) is 3.57 Å². The fraction of sp³-hybridized carbons (Fsp3) is 0.200. The summed E-state index contributed by atoms with van der Waals surface area (Å²) >= 11 is 5.42. The molecule has 0 bridgehead atoms. The quantitative estimate of drug-likeness (QED) is 0.459. The zero-order chi connectivity index (χ0) is 11.0. The highest BCUT2D eigenvalue weighted by molar-refractivity contribution is 14.1. The van der Waals surface area contributed by atoms with Crippen molar-refractivity contribution in [3.05, 3.63) is 33.4 Å². The second-order valence-corrected chi connectivity index (χ2v) is 5.52. The van der Waals surface area contributed by atoms with Gasteiger partial charge in [-0.15, -0.1) is 0 Å². The number of imide groups is 1. The lowest BCUT2D eigenvalue weighted by molar-refractivity contribution is -0.125. The van der Waals surface area contributed by atoms with E-state index in [1.165, 1.54) is 0 Å². The smallest absolute Gasteiger partial charge is 0.241 e. The molecule has 2 atom stereocenters. The number of carbonyl (C=O) groups excluding carboxylic acids is 2. The van der Waals surface area contributed by atoms with Crippen LogP contribution in [0.2, 0.25) is 0 Å². The fourth-order valence-electron chi connectivity index (χ4n) is 1.57. The zero-order valence-electron chi connectivity index (χ0n) is 7.54. The first kappa shape index (κ1) is 11.1. The van der Waals surface area contributed by atoms with Gasteiger partial charge in [0.1, 0.15) is 4.83 Å². The Hall–Kier alpha value is -0.430.